The Morgan fingerprint density at radius 2 is 2.31 bits per heavy atom. The van der Waals surface area contributed by atoms with Crippen LogP contribution in [0.4, 0.5) is 0 Å². The maximum atomic E-state index is 11.8. The van der Waals surface area contributed by atoms with E-state index in [-0.39, 0.29) is 24.0 Å². The zero-order chi connectivity index (χ0) is 12.1. The molecule has 2 atom stereocenters. The number of hydrogen-bond donors (Lipinski definition) is 2. The lowest BCUT2D eigenvalue weighted by atomic mass is 10.2. The molecule has 92 valence electrons. The van der Waals surface area contributed by atoms with Crippen LogP contribution in [0.15, 0.2) is 5.16 Å². The average molecular weight is 229 g/mol. The summed E-state index contributed by atoms with van der Waals surface area (Å²) in [7, 11) is 1.69. The smallest absolute Gasteiger partial charge is 0.251 e. The lowest BCUT2D eigenvalue weighted by molar-refractivity contribution is -0.141. The standard InChI is InChI=1S/C10H19N3O3/c1-7-3-4-8(16-7)10(14)13(2)6-5-9(11)12-15/h7-8,15H,3-6H2,1-2H3,(H2,11,12). The van der Waals surface area contributed by atoms with Crippen molar-refractivity contribution in [3.05, 3.63) is 0 Å². The highest BCUT2D eigenvalue weighted by Crippen LogP contribution is 2.20. The molecule has 0 aromatic heterocycles. The van der Waals surface area contributed by atoms with Gasteiger partial charge in [0.25, 0.3) is 5.91 Å². The number of amidine groups is 1. The van der Waals surface area contributed by atoms with E-state index < -0.39 is 0 Å². The zero-order valence-electron chi connectivity index (χ0n) is 9.72. The van der Waals surface area contributed by atoms with Crippen molar-refractivity contribution in [1.29, 1.82) is 0 Å². The molecule has 1 rings (SSSR count). The second-order valence-electron chi connectivity index (χ2n) is 4.11. The Morgan fingerprint density at radius 1 is 1.62 bits per heavy atom. The molecule has 0 aromatic rings. The van der Waals surface area contributed by atoms with Crippen molar-refractivity contribution in [2.45, 2.75) is 38.4 Å². The maximum Gasteiger partial charge on any atom is 0.251 e. The third-order valence-corrected chi connectivity index (χ3v) is 2.72. The van der Waals surface area contributed by atoms with E-state index in [0.29, 0.717) is 13.0 Å². The van der Waals surface area contributed by atoms with Gasteiger partial charge in [-0.25, -0.2) is 0 Å². The number of amides is 1. The Kier molecular flexibility index (Phi) is 4.54. The fraction of sp³-hybridized carbons (Fsp3) is 0.800. The summed E-state index contributed by atoms with van der Waals surface area (Å²) in [5, 5.41) is 11.2. The Balaban J connectivity index is 2.36. The van der Waals surface area contributed by atoms with E-state index in [0.717, 1.165) is 12.8 Å². The van der Waals surface area contributed by atoms with Crippen LogP contribution in [0, 0.1) is 0 Å². The summed E-state index contributed by atoms with van der Waals surface area (Å²) >= 11 is 0. The summed E-state index contributed by atoms with van der Waals surface area (Å²) < 4.78 is 5.48. The number of oxime groups is 1. The third-order valence-electron chi connectivity index (χ3n) is 2.72. The van der Waals surface area contributed by atoms with Crippen LogP contribution >= 0.6 is 0 Å². The minimum atomic E-state index is -0.327. The molecule has 2 unspecified atom stereocenters. The molecule has 6 heteroatoms. The summed E-state index contributed by atoms with van der Waals surface area (Å²) in [6.45, 7) is 2.40. The summed E-state index contributed by atoms with van der Waals surface area (Å²) in [5.74, 6) is 0.0930. The molecule has 0 radical (unpaired) electrons. The first-order valence-corrected chi connectivity index (χ1v) is 5.41. The molecular weight excluding hydrogens is 210 g/mol. The van der Waals surface area contributed by atoms with Gasteiger partial charge in [0.15, 0.2) is 0 Å². The number of hydrogen-bond acceptors (Lipinski definition) is 4. The SMILES string of the molecule is CC1CCC(C(=O)N(C)CCC(N)=NO)O1. The summed E-state index contributed by atoms with van der Waals surface area (Å²) in [6, 6.07) is 0. The highest BCUT2D eigenvalue weighted by Gasteiger charge is 2.30. The maximum absolute atomic E-state index is 11.8. The molecular formula is C10H19N3O3. The van der Waals surface area contributed by atoms with Crippen LogP contribution in [0.25, 0.3) is 0 Å². The first-order valence-electron chi connectivity index (χ1n) is 5.41. The molecule has 1 fully saturated rings. The minimum Gasteiger partial charge on any atom is -0.409 e. The monoisotopic (exact) mass is 229 g/mol. The van der Waals surface area contributed by atoms with Crippen LogP contribution in [0.2, 0.25) is 0 Å². The van der Waals surface area contributed by atoms with Gasteiger partial charge in [0.05, 0.1) is 6.10 Å². The van der Waals surface area contributed by atoms with Gasteiger partial charge in [0.2, 0.25) is 0 Å². The molecule has 0 bridgehead atoms. The molecule has 1 saturated heterocycles. The van der Waals surface area contributed by atoms with Crippen LogP contribution in [-0.2, 0) is 9.53 Å². The van der Waals surface area contributed by atoms with Gasteiger partial charge in [0.1, 0.15) is 11.9 Å². The molecule has 1 aliphatic heterocycles. The summed E-state index contributed by atoms with van der Waals surface area (Å²) in [6.07, 6.45) is 1.89. The Morgan fingerprint density at radius 3 is 2.81 bits per heavy atom. The highest BCUT2D eigenvalue weighted by molar-refractivity contribution is 5.83. The van der Waals surface area contributed by atoms with Gasteiger partial charge in [-0.15, -0.1) is 0 Å². The fourth-order valence-corrected chi connectivity index (χ4v) is 1.67. The first kappa shape index (κ1) is 12.8. The molecule has 16 heavy (non-hydrogen) atoms. The molecule has 0 aromatic carbocycles. The van der Waals surface area contributed by atoms with E-state index in [1.165, 1.54) is 0 Å². The lowest BCUT2D eigenvalue weighted by Crippen LogP contribution is -2.38. The molecule has 0 spiro atoms. The van der Waals surface area contributed by atoms with Crippen molar-refractivity contribution >= 4 is 11.7 Å². The number of carbonyl (C=O) groups excluding carboxylic acids is 1. The van der Waals surface area contributed by atoms with Crippen molar-refractivity contribution in [2.75, 3.05) is 13.6 Å². The molecule has 6 nitrogen and oxygen atoms in total. The van der Waals surface area contributed by atoms with Crippen LogP contribution in [0.5, 0.6) is 0 Å². The Bertz CT molecular complexity index is 280. The predicted molar refractivity (Wildman–Crippen MR) is 59.2 cm³/mol. The van der Waals surface area contributed by atoms with E-state index in [1.807, 2.05) is 6.92 Å². The average Bonchev–Trinajstić information content (AvgIpc) is 2.71. The van der Waals surface area contributed by atoms with Crippen LogP contribution in [-0.4, -0.2) is 47.7 Å². The van der Waals surface area contributed by atoms with Crippen molar-refractivity contribution < 1.29 is 14.7 Å². The quantitative estimate of drug-likeness (QED) is 0.311. The third kappa shape index (κ3) is 3.37. The fourth-order valence-electron chi connectivity index (χ4n) is 1.67. The van der Waals surface area contributed by atoms with E-state index in [4.69, 9.17) is 15.7 Å². The van der Waals surface area contributed by atoms with Gasteiger partial charge in [0, 0.05) is 20.0 Å². The van der Waals surface area contributed by atoms with Crippen molar-refractivity contribution in [1.82, 2.24) is 4.90 Å². The summed E-state index contributed by atoms with van der Waals surface area (Å²) in [5.41, 5.74) is 5.33. The normalized spacial score (nSPS) is 25.8. The number of rotatable bonds is 4. The van der Waals surface area contributed by atoms with Crippen LogP contribution < -0.4 is 5.73 Å². The van der Waals surface area contributed by atoms with Crippen molar-refractivity contribution in [2.24, 2.45) is 10.9 Å². The number of nitrogens with zero attached hydrogens (tertiary/aromatic N) is 2. The van der Waals surface area contributed by atoms with Gasteiger partial charge in [-0.2, -0.15) is 0 Å². The van der Waals surface area contributed by atoms with Gasteiger partial charge in [-0.05, 0) is 19.8 Å². The zero-order valence-corrected chi connectivity index (χ0v) is 9.72. The number of carbonyl (C=O) groups is 1. The lowest BCUT2D eigenvalue weighted by Gasteiger charge is -2.20. The molecule has 3 N–H and O–H groups in total. The first-order chi connectivity index (χ1) is 7.54. The molecule has 1 heterocycles. The van der Waals surface area contributed by atoms with Crippen molar-refractivity contribution in [3.8, 4) is 0 Å². The summed E-state index contributed by atoms with van der Waals surface area (Å²) in [4.78, 5) is 13.4. The molecule has 1 amide bonds. The largest absolute Gasteiger partial charge is 0.409 e. The van der Waals surface area contributed by atoms with Crippen LogP contribution in [0.3, 0.4) is 0 Å². The number of likely N-dealkylation sites (N-methyl/N-ethyl adjacent to an activating group) is 1. The van der Waals surface area contributed by atoms with Gasteiger partial charge < -0.3 is 20.6 Å². The topological polar surface area (TPSA) is 88.2 Å². The highest BCUT2D eigenvalue weighted by atomic mass is 16.5. The predicted octanol–water partition coefficient (Wildman–Crippen LogP) is 0.149. The second kappa shape index (κ2) is 5.69. The van der Waals surface area contributed by atoms with E-state index >= 15 is 0 Å². The van der Waals surface area contributed by atoms with Gasteiger partial charge >= 0.3 is 0 Å². The molecule has 0 saturated carbocycles. The van der Waals surface area contributed by atoms with Crippen molar-refractivity contribution in [3.63, 3.8) is 0 Å². The molecule has 0 aliphatic carbocycles. The number of ether oxygens (including phenoxy) is 1. The van der Waals surface area contributed by atoms with E-state index in [9.17, 15) is 4.79 Å². The van der Waals surface area contributed by atoms with E-state index in [2.05, 4.69) is 5.16 Å². The minimum absolute atomic E-state index is 0.0323. The molecule has 1 aliphatic rings. The van der Waals surface area contributed by atoms with Gasteiger partial charge in [-0.3, -0.25) is 4.79 Å². The Hall–Kier alpha value is -1.30. The Labute approximate surface area is 95.0 Å². The second-order valence-corrected chi connectivity index (χ2v) is 4.11. The van der Waals surface area contributed by atoms with Gasteiger partial charge in [-0.1, -0.05) is 5.16 Å². The van der Waals surface area contributed by atoms with E-state index in [1.54, 1.807) is 11.9 Å². The number of nitrogens with two attached hydrogens (primary N) is 1. The van der Waals surface area contributed by atoms with Crippen LogP contribution in [0.1, 0.15) is 26.2 Å².